The number of benzene rings is 1. The quantitative estimate of drug-likeness (QED) is 0.622. The highest BCUT2D eigenvalue weighted by Crippen LogP contribution is 2.18. The van der Waals surface area contributed by atoms with E-state index in [1.54, 1.807) is 13.0 Å². The summed E-state index contributed by atoms with van der Waals surface area (Å²) in [4.78, 5) is 19.5. The van der Waals surface area contributed by atoms with Gasteiger partial charge < -0.3 is 4.74 Å². The van der Waals surface area contributed by atoms with Gasteiger partial charge in [-0.3, -0.25) is 4.79 Å². The molecule has 0 fully saturated rings. The first-order valence-electron chi connectivity index (χ1n) is 8.06. The Bertz CT molecular complexity index is 1010. The molecule has 3 rings (SSSR count). The minimum atomic E-state index is -4.49. The van der Waals surface area contributed by atoms with Crippen molar-refractivity contribution in [2.24, 2.45) is 0 Å². The molecule has 10 heteroatoms. The van der Waals surface area contributed by atoms with Gasteiger partial charge in [0.1, 0.15) is 5.82 Å². The van der Waals surface area contributed by atoms with E-state index in [2.05, 4.69) is 19.8 Å². The zero-order valence-electron chi connectivity index (χ0n) is 14.6. The first kappa shape index (κ1) is 19.5. The normalized spacial score (nSPS) is 11.5. The second-order valence-corrected chi connectivity index (χ2v) is 6.01. The topological polar surface area (TPSA) is 69.9 Å². The summed E-state index contributed by atoms with van der Waals surface area (Å²) in [6, 6.07) is 6.71. The molecule has 0 spiro atoms. The maximum absolute atomic E-state index is 13.5. The summed E-state index contributed by atoms with van der Waals surface area (Å²) >= 11 is 0. The maximum atomic E-state index is 13.5. The fourth-order valence-electron chi connectivity index (χ4n) is 2.46. The molecular weight excluding hydrogens is 380 g/mol. The lowest BCUT2D eigenvalue weighted by atomic mass is 10.1. The molecule has 0 atom stereocenters. The molecule has 0 aliphatic heterocycles. The van der Waals surface area contributed by atoms with Gasteiger partial charge in [0.15, 0.2) is 6.61 Å². The Morgan fingerprint density at radius 1 is 1.11 bits per heavy atom. The predicted molar refractivity (Wildman–Crippen MR) is 91.3 cm³/mol. The van der Waals surface area contributed by atoms with Crippen LogP contribution in [0.4, 0.5) is 17.6 Å². The number of hydrogen-bond donors (Lipinski definition) is 0. The van der Waals surface area contributed by atoms with Crippen LogP contribution in [0.15, 0.2) is 47.5 Å². The van der Waals surface area contributed by atoms with Crippen molar-refractivity contribution in [3.05, 3.63) is 70.0 Å². The first-order chi connectivity index (χ1) is 13.2. The fourth-order valence-corrected chi connectivity index (χ4v) is 2.46. The number of aryl methyl sites for hydroxylation is 1. The van der Waals surface area contributed by atoms with Crippen LogP contribution in [-0.4, -0.2) is 32.5 Å². The van der Waals surface area contributed by atoms with Crippen LogP contribution in [0.1, 0.15) is 11.1 Å². The number of halogens is 4. The van der Waals surface area contributed by atoms with Gasteiger partial charge in [0.25, 0.3) is 5.56 Å². The molecule has 0 radical (unpaired) electrons. The summed E-state index contributed by atoms with van der Waals surface area (Å²) in [5.74, 6) is -0.415. The van der Waals surface area contributed by atoms with E-state index in [4.69, 9.17) is 0 Å². The Balaban J connectivity index is 1.82. The first-order valence-corrected chi connectivity index (χ1v) is 8.06. The van der Waals surface area contributed by atoms with Gasteiger partial charge in [0.2, 0.25) is 0 Å². The van der Waals surface area contributed by atoms with Crippen LogP contribution in [0.5, 0.6) is 6.01 Å². The molecule has 3 aromatic rings. The third kappa shape index (κ3) is 5.12. The maximum Gasteiger partial charge on any atom is 0.422 e. The summed E-state index contributed by atoms with van der Waals surface area (Å²) < 4.78 is 55.6. The summed E-state index contributed by atoms with van der Waals surface area (Å²) in [6.07, 6.45) is -2.02. The number of ether oxygens (including phenoxy) is 1. The number of nitrogens with zero attached hydrogens (tertiary/aromatic N) is 4. The van der Waals surface area contributed by atoms with Gasteiger partial charge in [-0.2, -0.15) is 18.3 Å². The van der Waals surface area contributed by atoms with Crippen LogP contribution in [0.25, 0.3) is 11.3 Å². The van der Waals surface area contributed by atoms with Crippen LogP contribution >= 0.6 is 0 Å². The smallest absolute Gasteiger partial charge is 0.422 e. The zero-order valence-corrected chi connectivity index (χ0v) is 14.6. The number of aromatic nitrogens is 4. The SMILES string of the molecule is Cc1cc(F)cc(Cn2nc(-c3cnc(OCC(F)(F)F)nc3)ccc2=O)c1. The standard InChI is InChI=1S/C18H14F4N4O2/c1-11-4-12(6-14(19)5-11)9-26-16(27)3-2-15(25-26)13-7-23-17(24-8-13)28-10-18(20,21)22/h2-8H,9-10H2,1H3. The molecule has 0 aliphatic carbocycles. The van der Waals surface area contributed by atoms with Crippen molar-refractivity contribution in [2.45, 2.75) is 19.6 Å². The average Bonchev–Trinajstić information content (AvgIpc) is 2.61. The van der Waals surface area contributed by atoms with E-state index in [-0.39, 0.29) is 6.54 Å². The highest BCUT2D eigenvalue weighted by atomic mass is 19.4. The van der Waals surface area contributed by atoms with E-state index in [1.165, 1.54) is 36.7 Å². The van der Waals surface area contributed by atoms with E-state index in [0.717, 1.165) is 4.68 Å². The van der Waals surface area contributed by atoms with E-state index >= 15 is 0 Å². The van der Waals surface area contributed by atoms with Gasteiger partial charge >= 0.3 is 12.2 Å². The Morgan fingerprint density at radius 2 is 1.82 bits per heavy atom. The molecular formula is C18H14F4N4O2. The van der Waals surface area contributed by atoms with Crippen LogP contribution in [0.2, 0.25) is 0 Å². The van der Waals surface area contributed by atoms with Gasteiger partial charge in [0, 0.05) is 24.0 Å². The molecule has 0 aliphatic rings. The van der Waals surface area contributed by atoms with Crippen molar-refractivity contribution in [2.75, 3.05) is 6.61 Å². The van der Waals surface area contributed by atoms with E-state index in [1.807, 2.05) is 0 Å². The fraction of sp³-hybridized carbons (Fsp3) is 0.222. The van der Waals surface area contributed by atoms with E-state index in [9.17, 15) is 22.4 Å². The van der Waals surface area contributed by atoms with Crippen LogP contribution in [-0.2, 0) is 6.54 Å². The second kappa shape index (κ2) is 7.75. The van der Waals surface area contributed by atoms with Crippen LogP contribution in [0.3, 0.4) is 0 Å². The molecule has 1 aromatic carbocycles. The molecule has 0 unspecified atom stereocenters. The summed E-state index contributed by atoms with van der Waals surface area (Å²) in [5.41, 5.74) is 1.59. The average molecular weight is 394 g/mol. The molecule has 2 heterocycles. The number of alkyl halides is 3. The van der Waals surface area contributed by atoms with Crippen LogP contribution < -0.4 is 10.3 Å². The summed E-state index contributed by atoms with van der Waals surface area (Å²) in [6.45, 7) is 0.292. The molecule has 2 aromatic heterocycles. The van der Waals surface area contributed by atoms with Crippen molar-refractivity contribution in [1.82, 2.24) is 19.7 Å². The Kier molecular flexibility index (Phi) is 5.39. The minimum Gasteiger partial charge on any atom is -0.454 e. The van der Waals surface area contributed by atoms with Gasteiger partial charge in [-0.25, -0.2) is 19.0 Å². The Hall–Kier alpha value is -3.30. The largest absolute Gasteiger partial charge is 0.454 e. The van der Waals surface area contributed by atoms with Gasteiger partial charge in [0.05, 0.1) is 12.2 Å². The van der Waals surface area contributed by atoms with Gasteiger partial charge in [-0.05, 0) is 36.2 Å². The van der Waals surface area contributed by atoms with Crippen molar-refractivity contribution in [1.29, 1.82) is 0 Å². The third-order valence-corrected chi connectivity index (χ3v) is 3.59. The predicted octanol–water partition coefficient (Wildman–Crippen LogP) is 3.14. The third-order valence-electron chi connectivity index (χ3n) is 3.59. The Labute approximate surface area is 156 Å². The van der Waals surface area contributed by atoms with Crippen LogP contribution in [0, 0.1) is 12.7 Å². The van der Waals surface area contributed by atoms with Gasteiger partial charge in [-0.15, -0.1) is 0 Å². The second-order valence-electron chi connectivity index (χ2n) is 6.01. The molecule has 6 nitrogen and oxygen atoms in total. The molecule has 0 amide bonds. The highest BCUT2D eigenvalue weighted by molar-refractivity contribution is 5.55. The summed E-state index contributed by atoms with van der Waals surface area (Å²) in [7, 11) is 0. The number of rotatable bonds is 5. The minimum absolute atomic E-state index is 0.0545. The monoisotopic (exact) mass is 394 g/mol. The molecule has 0 saturated carbocycles. The molecule has 0 saturated heterocycles. The summed E-state index contributed by atoms with van der Waals surface area (Å²) in [5, 5.41) is 4.19. The van der Waals surface area contributed by atoms with E-state index < -0.39 is 30.2 Å². The van der Waals surface area contributed by atoms with Crippen molar-refractivity contribution in [3.63, 3.8) is 0 Å². The molecule has 0 bridgehead atoms. The molecule has 0 N–H and O–H groups in total. The zero-order chi connectivity index (χ0) is 20.3. The lowest BCUT2D eigenvalue weighted by Crippen LogP contribution is -2.23. The van der Waals surface area contributed by atoms with Crippen molar-refractivity contribution in [3.8, 4) is 17.3 Å². The van der Waals surface area contributed by atoms with Crippen molar-refractivity contribution < 1.29 is 22.3 Å². The lowest BCUT2D eigenvalue weighted by Gasteiger charge is -2.09. The van der Waals surface area contributed by atoms with Crippen molar-refractivity contribution >= 4 is 0 Å². The van der Waals surface area contributed by atoms with E-state index in [0.29, 0.717) is 22.4 Å². The Morgan fingerprint density at radius 3 is 2.46 bits per heavy atom. The van der Waals surface area contributed by atoms with Gasteiger partial charge in [-0.1, -0.05) is 6.07 Å². The lowest BCUT2D eigenvalue weighted by molar-refractivity contribution is -0.154. The molecule has 146 valence electrons. The molecule has 28 heavy (non-hydrogen) atoms. The number of hydrogen-bond acceptors (Lipinski definition) is 5. The highest BCUT2D eigenvalue weighted by Gasteiger charge is 2.28.